The Hall–Kier alpha value is -2.12. The fraction of sp³-hybridized carbons (Fsp3) is 0.316. The van der Waals surface area contributed by atoms with Crippen LogP contribution in [0.25, 0.3) is 11.4 Å². The first-order valence-corrected chi connectivity index (χ1v) is 10.6. The standard InChI is InChI=1S/C19H19N3O2S2/c1-12(19(23)20-16-6-5-13-3-2-4-14(13)9-16)26-11-17-21-18(22-24-17)15-7-8-25-10-15/h5-10,12H,2-4,11H2,1H3,(H,20,23)/t12-/m0/s1. The molecule has 0 fully saturated rings. The van der Waals surface area contributed by atoms with Gasteiger partial charge in [-0.2, -0.15) is 16.3 Å². The first-order chi connectivity index (χ1) is 12.7. The number of carbonyl (C=O) groups excluding carboxylic acids is 1. The highest BCUT2D eigenvalue weighted by molar-refractivity contribution is 7.99. The molecule has 4 rings (SSSR count). The first-order valence-electron chi connectivity index (χ1n) is 8.58. The Bertz CT molecular complexity index is 905. The molecule has 26 heavy (non-hydrogen) atoms. The quantitative estimate of drug-likeness (QED) is 0.674. The number of thioether (sulfide) groups is 1. The van der Waals surface area contributed by atoms with E-state index in [9.17, 15) is 4.79 Å². The van der Waals surface area contributed by atoms with Crippen molar-refractivity contribution < 1.29 is 9.32 Å². The molecule has 0 aliphatic heterocycles. The molecule has 0 bridgehead atoms. The molecule has 1 N–H and O–H groups in total. The number of carbonyl (C=O) groups is 1. The number of nitrogens with one attached hydrogen (secondary N) is 1. The maximum absolute atomic E-state index is 12.4. The lowest BCUT2D eigenvalue weighted by Gasteiger charge is -2.12. The van der Waals surface area contributed by atoms with Gasteiger partial charge in [-0.15, -0.1) is 11.8 Å². The number of hydrogen-bond donors (Lipinski definition) is 1. The van der Waals surface area contributed by atoms with Gasteiger partial charge < -0.3 is 9.84 Å². The molecule has 0 unspecified atom stereocenters. The second-order valence-corrected chi connectivity index (χ2v) is 8.41. The van der Waals surface area contributed by atoms with Crippen LogP contribution in [0.5, 0.6) is 0 Å². The lowest BCUT2D eigenvalue weighted by Crippen LogP contribution is -2.22. The number of hydrogen-bond acceptors (Lipinski definition) is 6. The molecule has 0 spiro atoms. The topological polar surface area (TPSA) is 68.0 Å². The predicted octanol–water partition coefficient (Wildman–Crippen LogP) is 4.55. The summed E-state index contributed by atoms with van der Waals surface area (Å²) in [6.07, 6.45) is 3.46. The number of anilines is 1. The Balaban J connectivity index is 1.31. The van der Waals surface area contributed by atoms with Gasteiger partial charge in [0.1, 0.15) is 0 Å². The normalized spacial score (nSPS) is 14.2. The number of rotatable bonds is 6. The third kappa shape index (κ3) is 3.83. The van der Waals surface area contributed by atoms with Crippen LogP contribution in [-0.2, 0) is 23.4 Å². The molecule has 2 aromatic heterocycles. The van der Waals surface area contributed by atoms with Crippen molar-refractivity contribution in [1.29, 1.82) is 0 Å². The van der Waals surface area contributed by atoms with E-state index in [4.69, 9.17) is 4.52 Å². The highest BCUT2D eigenvalue weighted by Gasteiger charge is 2.17. The second kappa shape index (κ2) is 7.63. The van der Waals surface area contributed by atoms with E-state index >= 15 is 0 Å². The third-order valence-electron chi connectivity index (χ3n) is 4.44. The predicted molar refractivity (Wildman–Crippen MR) is 105 cm³/mol. The van der Waals surface area contributed by atoms with E-state index in [1.165, 1.54) is 29.3 Å². The lowest BCUT2D eigenvalue weighted by atomic mass is 10.1. The number of nitrogens with zero attached hydrogens (tertiary/aromatic N) is 2. The summed E-state index contributed by atoms with van der Waals surface area (Å²) in [7, 11) is 0. The van der Waals surface area contributed by atoms with Crippen LogP contribution >= 0.6 is 23.1 Å². The van der Waals surface area contributed by atoms with Crippen molar-refractivity contribution in [2.75, 3.05) is 5.32 Å². The van der Waals surface area contributed by atoms with Gasteiger partial charge in [0.2, 0.25) is 17.6 Å². The van der Waals surface area contributed by atoms with E-state index in [1.54, 1.807) is 11.3 Å². The van der Waals surface area contributed by atoms with Crippen LogP contribution in [0.3, 0.4) is 0 Å². The van der Waals surface area contributed by atoms with Crippen molar-refractivity contribution in [3.8, 4) is 11.4 Å². The van der Waals surface area contributed by atoms with Crippen LogP contribution in [0.4, 0.5) is 5.69 Å². The van der Waals surface area contributed by atoms with Crippen LogP contribution in [0, 0.1) is 0 Å². The summed E-state index contributed by atoms with van der Waals surface area (Å²) in [5.41, 5.74) is 4.59. The Kier molecular flexibility index (Phi) is 5.08. The van der Waals surface area contributed by atoms with E-state index in [2.05, 4.69) is 27.6 Å². The molecule has 1 aromatic carbocycles. The van der Waals surface area contributed by atoms with E-state index < -0.39 is 0 Å². The Morgan fingerprint density at radius 3 is 3.08 bits per heavy atom. The molecular weight excluding hydrogens is 366 g/mol. The fourth-order valence-electron chi connectivity index (χ4n) is 2.99. The summed E-state index contributed by atoms with van der Waals surface area (Å²) in [6, 6.07) is 8.17. The van der Waals surface area contributed by atoms with Gasteiger partial charge in [0.25, 0.3) is 0 Å². The average Bonchev–Trinajstić information content (AvgIpc) is 3.39. The summed E-state index contributed by atoms with van der Waals surface area (Å²) in [6.45, 7) is 1.89. The molecule has 0 saturated carbocycles. The summed E-state index contributed by atoms with van der Waals surface area (Å²) in [4.78, 5) is 16.8. The van der Waals surface area contributed by atoms with Gasteiger partial charge in [-0.25, -0.2) is 0 Å². The molecule has 1 aliphatic rings. The molecule has 3 aromatic rings. The monoisotopic (exact) mass is 385 g/mol. The minimum absolute atomic E-state index is 0.00878. The zero-order chi connectivity index (χ0) is 17.9. The van der Waals surface area contributed by atoms with Crippen molar-refractivity contribution in [3.63, 3.8) is 0 Å². The highest BCUT2D eigenvalue weighted by Crippen LogP contribution is 2.26. The molecule has 1 aliphatic carbocycles. The zero-order valence-electron chi connectivity index (χ0n) is 14.4. The van der Waals surface area contributed by atoms with Gasteiger partial charge in [-0.1, -0.05) is 11.2 Å². The molecule has 1 amide bonds. The maximum atomic E-state index is 12.4. The lowest BCUT2D eigenvalue weighted by molar-refractivity contribution is -0.115. The second-order valence-electron chi connectivity index (χ2n) is 6.30. The van der Waals surface area contributed by atoms with E-state index in [1.807, 2.05) is 29.8 Å². The van der Waals surface area contributed by atoms with E-state index in [-0.39, 0.29) is 11.2 Å². The average molecular weight is 386 g/mol. The molecule has 0 saturated heterocycles. The molecular formula is C19H19N3O2S2. The third-order valence-corrected chi connectivity index (χ3v) is 6.25. The minimum Gasteiger partial charge on any atom is -0.338 e. The van der Waals surface area contributed by atoms with Gasteiger partial charge in [0.15, 0.2) is 0 Å². The Morgan fingerprint density at radius 2 is 2.23 bits per heavy atom. The summed E-state index contributed by atoms with van der Waals surface area (Å²) in [5, 5.41) is 10.7. The summed E-state index contributed by atoms with van der Waals surface area (Å²) in [5.74, 6) is 1.63. The van der Waals surface area contributed by atoms with E-state index in [0.29, 0.717) is 17.5 Å². The molecule has 134 valence electrons. The van der Waals surface area contributed by atoms with Gasteiger partial charge in [0.05, 0.1) is 11.0 Å². The minimum atomic E-state index is -0.209. The van der Waals surface area contributed by atoms with Crippen molar-refractivity contribution in [2.24, 2.45) is 0 Å². The number of aryl methyl sites for hydroxylation is 2. The van der Waals surface area contributed by atoms with Gasteiger partial charge in [0, 0.05) is 16.6 Å². The SMILES string of the molecule is C[C@H](SCc1nc(-c2ccsc2)no1)C(=O)Nc1ccc2c(c1)CCC2. The maximum Gasteiger partial charge on any atom is 0.237 e. The molecule has 1 atom stereocenters. The van der Waals surface area contributed by atoms with Crippen molar-refractivity contribution in [1.82, 2.24) is 10.1 Å². The van der Waals surface area contributed by atoms with Crippen LogP contribution in [0.2, 0.25) is 0 Å². The van der Waals surface area contributed by atoms with Crippen LogP contribution in [0.1, 0.15) is 30.4 Å². The number of benzene rings is 1. The van der Waals surface area contributed by atoms with Crippen molar-refractivity contribution in [3.05, 3.63) is 52.0 Å². The number of fused-ring (bicyclic) bond motifs is 1. The van der Waals surface area contributed by atoms with Crippen molar-refractivity contribution >= 4 is 34.7 Å². The van der Waals surface area contributed by atoms with Gasteiger partial charge in [-0.3, -0.25) is 4.79 Å². The number of thiophene rings is 1. The van der Waals surface area contributed by atoms with Gasteiger partial charge >= 0.3 is 0 Å². The summed E-state index contributed by atoms with van der Waals surface area (Å²) >= 11 is 3.08. The zero-order valence-corrected chi connectivity index (χ0v) is 16.0. The molecule has 7 heteroatoms. The first kappa shape index (κ1) is 17.3. The van der Waals surface area contributed by atoms with Crippen molar-refractivity contribution in [2.45, 2.75) is 37.2 Å². The fourth-order valence-corrected chi connectivity index (χ4v) is 4.34. The Morgan fingerprint density at radius 1 is 1.35 bits per heavy atom. The van der Waals surface area contributed by atoms with Crippen LogP contribution in [0.15, 0.2) is 39.5 Å². The number of aromatic nitrogens is 2. The van der Waals surface area contributed by atoms with E-state index in [0.717, 1.165) is 24.1 Å². The summed E-state index contributed by atoms with van der Waals surface area (Å²) < 4.78 is 5.28. The highest BCUT2D eigenvalue weighted by atomic mass is 32.2. The number of amides is 1. The molecule has 5 nitrogen and oxygen atoms in total. The Labute approximate surface area is 160 Å². The smallest absolute Gasteiger partial charge is 0.237 e. The molecule has 0 radical (unpaired) electrons. The van der Waals surface area contributed by atoms with Crippen LogP contribution < -0.4 is 5.32 Å². The van der Waals surface area contributed by atoms with Gasteiger partial charge in [-0.05, 0) is 60.9 Å². The van der Waals surface area contributed by atoms with Crippen LogP contribution in [-0.4, -0.2) is 21.3 Å². The molecule has 2 heterocycles. The largest absolute Gasteiger partial charge is 0.338 e.